The number of hydrogen-bond acceptors (Lipinski definition) is 7. The van der Waals surface area contributed by atoms with Crippen molar-refractivity contribution in [2.24, 2.45) is 5.10 Å². The third-order valence-corrected chi connectivity index (χ3v) is 2.84. The number of hydrogen-bond donors (Lipinski definition) is 1. The van der Waals surface area contributed by atoms with Gasteiger partial charge >= 0.3 is 11.6 Å². The molecule has 0 radical (unpaired) electrons. The standard InChI is InChI=1S/C14H13N3O6/c1-21-12-7-13(22-2)10(17(19)20)6-9(12)8-15-16-14(18)11-4-3-5-23-11/h3-8H,1-2H3,(H,16,18)/b15-8-. The van der Waals surface area contributed by atoms with E-state index >= 15 is 0 Å². The van der Waals surface area contributed by atoms with Gasteiger partial charge in [0.05, 0.1) is 31.6 Å². The summed E-state index contributed by atoms with van der Waals surface area (Å²) < 4.78 is 15.0. The fourth-order valence-corrected chi connectivity index (χ4v) is 1.77. The molecule has 1 aromatic carbocycles. The number of nitrogens with one attached hydrogen (secondary N) is 1. The second-order valence-electron chi connectivity index (χ2n) is 4.20. The third-order valence-electron chi connectivity index (χ3n) is 2.84. The number of carbonyl (C=O) groups excluding carboxylic acids is 1. The number of methoxy groups -OCH3 is 2. The van der Waals surface area contributed by atoms with Crippen LogP contribution < -0.4 is 14.9 Å². The van der Waals surface area contributed by atoms with E-state index in [9.17, 15) is 14.9 Å². The Morgan fingerprint density at radius 3 is 2.65 bits per heavy atom. The first kappa shape index (κ1) is 16.0. The van der Waals surface area contributed by atoms with Crippen molar-refractivity contribution in [3.05, 3.63) is 52.0 Å². The van der Waals surface area contributed by atoms with Crippen molar-refractivity contribution in [2.45, 2.75) is 0 Å². The summed E-state index contributed by atoms with van der Waals surface area (Å²) in [5, 5.41) is 14.8. The predicted octanol–water partition coefficient (Wildman–Crippen LogP) is 1.97. The molecule has 9 heteroatoms. The molecule has 9 nitrogen and oxygen atoms in total. The number of rotatable bonds is 6. The lowest BCUT2D eigenvalue weighted by molar-refractivity contribution is -0.385. The van der Waals surface area contributed by atoms with Crippen LogP contribution in [0, 0.1) is 10.1 Å². The molecule has 0 unspecified atom stereocenters. The monoisotopic (exact) mass is 319 g/mol. The number of amides is 1. The molecule has 2 aromatic rings. The summed E-state index contributed by atoms with van der Waals surface area (Å²) in [7, 11) is 2.72. The summed E-state index contributed by atoms with van der Waals surface area (Å²) in [5.74, 6) is -0.0878. The van der Waals surface area contributed by atoms with Gasteiger partial charge < -0.3 is 13.9 Å². The Bertz CT molecular complexity index is 739. The first-order chi connectivity index (χ1) is 11.1. The molecular formula is C14H13N3O6. The molecule has 2 rings (SSSR count). The Kier molecular flexibility index (Phi) is 4.92. The van der Waals surface area contributed by atoms with Gasteiger partial charge in [-0.05, 0) is 12.1 Å². The van der Waals surface area contributed by atoms with Crippen LogP contribution in [0.3, 0.4) is 0 Å². The highest BCUT2D eigenvalue weighted by Crippen LogP contribution is 2.33. The van der Waals surface area contributed by atoms with Crippen LogP contribution in [0.2, 0.25) is 0 Å². The molecule has 0 aliphatic rings. The number of carbonyl (C=O) groups is 1. The van der Waals surface area contributed by atoms with E-state index in [1.54, 1.807) is 6.07 Å². The number of nitrogens with zero attached hydrogens (tertiary/aromatic N) is 2. The fraction of sp³-hybridized carbons (Fsp3) is 0.143. The molecule has 23 heavy (non-hydrogen) atoms. The van der Waals surface area contributed by atoms with Crippen molar-refractivity contribution in [2.75, 3.05) is 14.2 Å². The van der Waals surface area contributed by atoms with E-state index < -0.39 is 10.8 Å². The number of furan rings is 1. The lowest BCUT2D eigenvalue weighted by atomic mass is 10.1. The topological polar surface area (TPSA) is 116 Å². The third kappa shape index (κ3) is 3.64. The maximum absolute atomic E-state index is 11.6. The van der Waals surface area contributed by atoms with E-state index in [2.05, 4.69) is 10.5 Å². The highest BCUT2D eigenvalue weighted by molar-refractivity contribution is 5.93. The number of hydrazone groups is 1. The van der Waals surface area contributed by atoms with Crippen molar-refractivity contribution in [1.82, 2.24) is 5.43 Å². The van der Waals surface area contributed by atoms with E-state index in [4.69, 9.17) is 13.9 Å². The van der Waals surface area contributed by atoms with Gasteiger partial charge in [-0.1, -0.05) is 0 Å². The minimum Gasteiger partial charge on any atom is -0.496 e. The quantitative estimate of drug-likeness (QED) is 0.494. The van der Waals surface area contributed by atoms with Crippen LogP contribution in [-0.2, 0) is 0 Å². The van der Waals surface area contributed by atoms with Crippen molar-refractivity contribution in [1.29, 1.82) is 0 Å². The zero-order chi connectivity index (χ0) is 16.8. The second kappa shape index (κ2) is 7.07. The highest BCUT2D eigenvalue weighted by Gasteiger charge is 2.19. The molecule has 1 aromatic heterocycles. The zero-order valence-corrected chi connectivity index (χ0v) is 12.3. The molecular weight excluding hydrogens is 306 g/mol. The van der Waals surface area contributed by atoms with Gasteiger partial charge in [-0.2, -0.15) is 5.10 Å². The largest absolute Gasteiger partial charge is 0.496 e. The Balaban J connectivity index is 2.24. The van der Waals surface area contributed by atoms with Crippen molar-refractivity contribution >= 4 is 17.8 Å². The van der Waals surface area contributed by atoms with Crippen molar-refractivity contribution in [3.63, 3.8) is 0 Å². The van der Waals surface area contributed by atoms with Crippen LogP contribution in [0.4, 0.5) is 5.69 Å². The maximum Gasteiger partial charge on any atom is 0.311 e. The molecule has 1 N–H and O–H groups in total. The lowest BCUT2D eigenvalue weighted by Crippen LogP contribution is -2.16. The number of benzene rings is 1. The molecule has 0 saturated heterocycles. The maximum atomic E-state index is 11.6. The minimum atomic E-state index is -0.586. The van der Waals surface area contributed by atoms with Crippen LogP contribution in [0.25, 0.3) is 0 Å². The number of nitro benzene ring substituents is 1. The van der Waals surface area contributed by atoms with Crippen LogP contribution >= 0.6 is 0 Å². The van der Waals surface area contributed by atoms with Gasteiger partial charge in [0.1, 0.15) is 5.75 Å². The summed E-state index contributed by atoms with van der Waals surface area (Å²) in [6.07, 6.45) is 2.58. The van der Waals surface area contributed by atoms with Crippen LogP contribution in [0.15, 0.2) is 40.0 Å². The molecule has 0 aliphatic heterocycles. The van der Waals surface area contributed by atoms with Crippen LogP contribution in [0.5, 0.6) is 11.5 Å². The highest BCUT2D eigenvalue weighted by atomic mass is 16.6. The van der Waals surface area contributed by atoms with E-state index in [1.165, 1.54) is 44.9 Å². The average molecular weight is 319 g/mol. The average Bonchev–Trinajstić information content (AvgIpc) is 3.08. The summed E-state index contributed by atoms with van der Waals surface area (Å²) in [5.41, 5.74) is 2.30. The van der Waals surface area contributed by atoms with Crippen molar-refractivity contribution in [3.8, 4) is 11.5 Å². The molecule has 0 bridgehead atoms. The van der Waals surface area contributed by atoms with Gasteiger partial charge in [0.25, 0.3) is 0 Å². The van der Waals surface area contributed by atoms with Gasteiger partial charge in [-0.25, -0.2) is 5.43 Å². The normalized spacial score (nSPS) is 10.5. The Morgan fingerprint density at radius 1 is 1.35 bits per heavy atom. The summed E-state index contributed by atoms with van der Waals surface area (Å²) in [6.45, 7) is 0. The smallest absolute Gasteiger partial charge is 0.311 e. The SMILES string of the molecule is COc1cc(OC)c([N+](=O)[O-])cc1/C=N\NC(=O)c1ccco1. The van der Waals surface area contributed by atoms with E-state index in [0.29, 0.717) is 11.3 Å². The molecule has 120 valence electrons. The van der Waals surface area contributed by atoms with Gasteiger partial charge in [0.15, 0.2) is 5.76 Å². The number of nitro groups is 1. The summed E-state index contributed by atoms with van der Waals surface area (Å²) in [4.78, 5) is 22.1. The molecule has 1 amide bonds. The molecule has 0 saturated carbocycles. The van der Waals surface area contributed by atoms with E-state index in [0.717, 1.165) is 0 Å². The predicted molar refractivity (Wildman–Crippen MR) is 80.0 cm³/mol. The molecule has 0 spiro atoms. The van der Waals surface area contributed by atoms with Gasteiger partial charge in [0, 0.05) is 17.7 Å². The van der Waals surface area contributed by atoms with Crippen LogP contribution in [-0.4, -0.2) is 31.3 Å². The van der Waals surface area contributed by atoms with E-state index in [-0.39, 0.29) is 17.2 Å². The van der Waals surface area contributed by atoms with Gasteiger partial charge in [-0.3, -0.25) is 14.9 Å². The fourth-order valence-electron chi connectivity index (χ4n) is 1.77. The van der Waals surface area contributed by atoms with Crippen molar-refractivity contribution < 1.29 is 23.6 Å². The Labute approximate surface area is 130 Å². The first-order valence-corrected chi connectivity index (χ1v) is 6.34. The van der Waals surface area contributed by atoms with Gasteiger partial charge in [-0.15, -0.1) is 0 Å². The number of ether oxygens (including phenoxy) is 2. The first-order valence-electron chi connectivity index (χ1n) is 6.34. The lowest BCUT2D eigenvalue weighted by Gasteiger charge is -2.08. The molecule has 0 atom stereocenters. The summed E-state index contributed by atoms with van der Waals surface area (Å²) >= 11 is 0. The molecule has 0 fully saturated rings. The molecule has 0 aliphatic carbocycles. The zero-order valence-electron chi connectivity index (χ0n) is 12.3. The van der Waals surface area contributed by atoms with Crippen LogP contribution in [0.1, 0.15) is 16.1 Å². The second-order valence-corrected chi connectivity index (χ2v) is 4.20. The Hall–Kier alpha value is -3.36. The summed E-state index contributed by atoms with van der Waals surface area (Å²) in [6, 6.07) is 5.65. The minimum absolute atomic E-state index is 0.0589. The Morgan fingerprint density at radius 2 is 2.09 bits per heavy atom. The molecule has 1 heterocycles. The van der Waals surface area contributed by atoms with Gasteiger partial charge in [0.2, 0.25) is 5.75 Å². The van der Waals surface area contributed by atoms with E-state index in [1.807, 2.05) is 0 Å².